The molecule has 0 radical (unpaired) electrons. The largest absolute Gasteiger partial charge is 0.466 e. The zero-order valence-electron chi connectivity index (χ0n) is 31.1. The summed E-state index contributed by atoms with van der Waals surface area (Å²) in [4.78, 5) is 24.1. The van der Waals surface area contributed by atoms with Gasteiger partial charge in [-0.05, 0) is 83.0 Å². The van der Waals surface area contributed by atoms with Crippen LogP contribution in [-0.2, 0) is 19.1 Å². The van der Waals surface area contributed by atoms with Gasteiger partial charge in [-0.15, -0.1) is 0 Å². The second kappa shape index (κ2) is 37.9. The number of unbranched alkanes of at least 4 members (excludes halogenated alkanes) is 22. The Morgan fingerprint density at radius 3 is 1.04 bits per heavy atom. The van der Waals surface area contributed by atoms with E-state index in [0.29, 0.717) is 32.0 Å². The summed E-state index contributed by atoms with van der Waals surface area (Å²) in [6.07, 6.45) is 44.9. The third kappa shape index (κ3) is 36.9. The zero-order valence-corrected chi connectivity index (χ0v) is 31.1. The molecule has 0 aromatic rings. The van der Waals surface area contributed by atoms with Gasteiger partial charge in [-0.3, -0.25) is 9.59 Å². The Balaban J connectivity index is 3.43. The molecule has 46 heavy (non-hydrogen) atoms. The van der Waals surface area contributed by atoms with Crippen LogP contribution in [-0.4, -0.2) is 25.2 Å². The van der Waals surface area contributed by atoms with E-state index in [2.05, 4.69) is 45.1 Å². The number of hydrogen-bond acceptors (Lipinski definition) is 4. The topological polar surface area (TPSA) is 52.6 Å². The Labute approximate surface area is 287 Å². The maximum absolute atomic E-state index is 12.0. The average molecular weight is 647 g/mol. The highest BCUT2D eigenvalue weighted by Gasteiger charge is 2.08. The van der Waals surface area contributed by atoms with Crippen molar-refractivity contribution in [3.05, 3.63) is 24.3 Å². The van der Waals surface area contributed by atoms with Gasteiger partial charge < -0.3 is 9.47 Å². The maximum atomic E-state index is 12.0. The minimum Gasteiger partial charge on any atom is -0.466 e. The van der Waals surface area contributed by atoms with Gasteiger partial charge in [0.15, 0.2) is 0 Å². The molecule has 0 aliphatic carbocycles. The van der Waals surface area contributed by atoms with Gasteiger partial charge in [0.1, 0.15) is 0 Å². The van der Waals surface area contributed by atoms with E-state index in [0.717, 1.165) is 38.5 Å². The van der Waals surface area contributed by atoms with Crippen LogP contribution in [0.4, 0.5) is 0 Å². The predicted octanol–water partition coefficient (Wildman–Crippen LogP) is 13.6. The second-order valence-electron chi connectivity index (χ2n) is 13.8. The minimum absolute atomic E-state index is 0.0729. The summed E-state index contributed by atoms with van der Waals surface area (Å²) < 4.78 is 10.9. The van der Waals surface area contributed by atoms with Gasteiger partial charge in [-0.2, -0.15) is 0 Å². The van der Waals surface area contributed by atoms with Gasteiger partial charge in [0, 0.05) is 12.8 Å². The van der Waals surface area contributed by atoms with E-state index in [1.165, 1.54) is 141 Å². The first kappa shape index (κ1) is 44.4. The third-order valence-electron chi connectivity index (χ3n) is 9.03. The number of esters is 2. The molecule has 0 aromatic carbocycles. The van der Waals surface area contributed by atoms with E-state index in [1.54, 1.807) is 0 Å². The van der Waals surface area contributed by atoms with Crippen molar-refractivity contribution in [2.45, 2.75) is 213 Å². The zero-order chi connectivity index (χ0) is 33.6. The first-order valence-corrected chi connectivity index (χ1v) is 20.2. The fourth-order valence-corrected chi connectivity index (χ4v) is 5.72. The standard InChI is InChI=1S/C42H78O4/c1-4-6-8-10-12-14-16-18-20-22-24-26-28-30-32-34-41(43)45-38-36-40(3)37-39-46-42(44)35-33-31-29-27-25-23-21-19-17-15-13-11-9-7-5-2/h18-21,40H,4-17,22-39H2,1-3H3/b20-18-,21-19-. The van der Waals surface area contributed by atoms with Crippen LogP contribution in [0.2, 0.25) is 0 Å². The van der Waals surface area contributed by atoms with Crippen molar-refractivity contribution in [3.63, 3.8) is 0 Å². The quantitative estimate of drug-likeness (QED) is 0.0386. The molecular formula is C42H78O4. The normalized spacial score (nSPS) is 11.7. The van der Waals surface area contributed by atoms with Crippen molar-refractivity contribution in [3.8, 4) is 0 Å². The lowest BCUT2D eigenvalue weighted by molar-refractivity contribution is -0.144. The van der Waals surface area contributed by atoms with Crippen molar-refractivity contribution in [1.29, 1.82) is 0 Å². The molecule has 0 atom stereocenters. The van der Waals surface area contributed by atoms with Crippen LogP contribution in [0, 0.1) is 5.92 Å². The molecule has 0 spiro atoms. The molecule has 4 heteroatoms. The lowest BCUT2D eigenvalue weighted by Gasteiger charge is -2.12. The highest BCUT2D eigenvalue weighted by Crippen LogP contribution is 2.13. The van der Waals surface area contributed by atoms with E-state index in [-0.39, 0.29) is 11.9 Å². The molecule has 0 rings (SSSR count). The van der Waals surface area contributed by atoms with E-state index in [4.69, 9.17) is 9.47 Å². The number of hydrogen-bond donors (Lipinski definition) is 0. The van der Waals surface area contributed by atoms with Crippen molar-refractivity contribution < 1.29 is 19.1 Å². The van der Waals surface area contributed by atoms with Crippen LogP contribution in [0.15, 0.2) is 24.3 Å². The molecule has 270 valence electrons. The van der Waals surface area contributed by atoms with Crippen molar-refractivity contribution >= 4 is 11.9 Å². The number of ether oxygens (including phenoxy) is 2. The van der Waals surface area contributed by atoms with Gasteiger partial charge in [-0.1, -0.05) is 148 Å². The molecule has 0 unspecified atom stereocenters. The van der Waals surface area contributed by atoms with Crippen LogP contribution >= 0.6 is 0 Å². The molecule has 0 fully saturated rings. The molecule has 0 bridgehead atoms. The van der Waals surface area contributed by atoms with Crippen LogP contribution in [0.3, 0.4) is 0 Å². The minimum atomic E-state index is -0.0729. The van der Waals surface area contributed by atoms with E-state index >= 15 is 0 Å². The summed E-state index contributed by atoms with van der Waals surface area (Å²) in [5, 5.41) is 0. The Kier molecular flexibility index (Phi) is 36.6. The van der Waals surface area contributed by atoms with Gasteiger partial charge in [0.25, 0.3) is 0 Å². The van der Waals surface area contributed by atoms with Crippen molar-refractivity contribution in [1.82, 2.24) is 0 Å². The van der Waals surface area contributed by atoms with Crippen LogP contribution < -0.4 is 0 Å². The van der Waals surface area contributed by atoms with Crippen LogP contribution in [0.1, 0.15) is 213 Å². The number of rotatable bonds is 36. The molecule has 0 saturated carbocycles. The summed E-state index contributed by atoms with van der Waals surface area (Å²) in [6, 6.07) is 0. The summed E-state index contributed by atoms with van der Waals surface area (Å²) in [5.74, 6) is 0.229. The molecule has 0 heterocycles. The molecule has 4 nitrogen and oxygen atoms in total. The van der Waals surface area contributed by atoms with Gasteiger partial charge in [0.05, 0.1) is 13.2 Å². The first-order valence-electron chi connectivity index (χ1n) is 20.2. The van der Waals surface area contributed by atoms with Crippen molar-refractivity contribution in [2.24, 2.45) is 5.92 Å². The van der Waals surface area contributed by atoms with E-state index < -0.39 is 0 Å². The number of carbonyl (C=O) groups is 2. The number of carbonyl (C=O) groups excluding carboxylic acids is 2. The van der Waals surface area contributed by atoms with Crippen molar-refractivity contribution in [2.75, 3.05) is 13.2 Å². The smallest absolute Gasteiger partial charge is 0.305 e. The molecule has 0 saturated heterocycles. The summed E-state index contributed by atoms with van der Waals surface area (Å²) in [6.45, 7) is 7.60. The molecule has 0 amide bonds. The summed E-state index contributed by atoms with van der Waals surface area (Å²) in [5.41, 5.74) is 0. The Bertz CT molecular complexity index is 640. The highest BCUT2D eigenvalue weighted by atomic mass is 16.5. The summed E-state index contributed by atoms with van der Waals surface area (Å²) in [7, 11) is 0. The fraction of sp³-hybridized carbons (Fsp3) is 0.857. The first-order chi connectivity index (χ1) is 22.6. The molecule has 0 N–H and O–H groups in total. The Morgan fingerprint density at radius 2 is 0.717 bits per heavy atom. The SMILES string of the molecule is CCCCCCCC/C=C\CCCCCCCC(=O)OCCC(C)CCOC(=O)CCCCCCC/C=C\CCCCCCCC. The summed E-state index contributed by atoms with van der Waals surface area (Å²) >= 11 is 0. The maximum Gasteiger partial charge on any atom is 0.305 e. The highest BCUT2D eigenvalue weighted by molar-refractivity contribution is 5.69. The molecule has 0 aromatic heterocycles. The lowest BCUT2D eigenvalue weighted by Crippen LogP contribution is -2.11. The van der Waals surface area contributed by atoms with Gasteiger partial charge in [0.2, 0.25) is 0 Å². The third-order valence-corrected chi connectivity index (χ3v) is 9.03. The molecular weight excluding hydrogens is 568 g/mol. The lowest BCUT2D eigenvalue weighted by atomic mass is 10.1. The monoisotopic (exact) mass is 647 g/mol. The molecule has 0 aliphatic heterocycles. The second-order valence-corrected chi connectivity index (χ2v) is 13.8. The number of allylic oxidation sites excluding steroid dienone is 4. The van der Waals surface area contributed by atoms with Gasteiger partial charge >= 0.3 is 11.9 Å². The van der Waals surface area contributed by atoms with E-state index in [1.807, 2.05) is 0 Å². The fourth-order valence-electron chi connectivity index (χ4n) is 5.72. The van der Waals surface area contributed by atoms with Gasteiger partial charge in [-0.25, -0.2) is 0 Å². The predicted molar refractivity (Wildman–Crippen MR) is 199 cm³/mol. The van der Waals surface area contributed by atoms with Crippen LogP contribution in [0.25, 0.3) is 0 Å². The van der Waals surface area contributed by atoms with Crippen LogP contribution in [0.5, 0.6) is 0 Å². The van der Waals surface area contributed by atoms with E-state index in [9.17, 15) is 9.59 Å². The Hall–Kier alpha value is -1.58. The Morgan fingerprint density at radius 1 is 0.435 bits per heavy atom. The average Bonchev–Trinajstić information content (AvgIpc) is 3.04. The molecule has 0 aliphatic rings.